The number of carboxylic acid groups (broad SMARTS) is 1. The number of carboxylic acids is 1. The molecule has 1 aromatic heterocycles. The van der Waals surface area contributed by atoms with Crippen LogP contribution in [0.5, 0.6) is 0 Å². The Bertz CT molecular complexity index is 504. The van der Waals surface area contributed by atoms with Crippen molar-refractivity contribution in [2.45, 2.75) is 19.1 Å². The minimum atomic E-state index is -2.01. The van der Waals surface area contributed by atoms with Crippen molar-refractivity contribution in [3.8, 4) is 12.1 Å². The van der Waals surface area contributed by atoms with Gasteiger partial charge in [-0.3, -0.25) is 0 Å². The molecule has 0 aliphatic carbocycles. The molecule has 0 aromatic carbocycles. The quantitative estimate of drug-likeness (QED) is 0.705. The average Bonchev–Trinajstić information content (AvgIpc) is 2.59. The summed E-state index contributed by atoms with van der Waals surface area (Å²) in [6.07, 6.45) is 1.15. The van der Waals surface area contributed by atoms with Gasteiger partial charge in [0, 0.05) is 0 Å². The van der Waals surface area contributed by atoms with E-state index in [1.54, 1.807) is 12.1 Å². The van der Waals surface area contributed by atoms with Gasteiger partial charge in [-0.2, -0.15) is 10.5 Å². The molecule has 0 bridgehead atoms. The fourth-order valence-corrected chi connectivity index (χ4v) is 1.10. The van der Waals surface area contributed by atoms with Crippen molar-refractivity contribution >= 4 is 5.97 Å². The van der Waals surface area contributed by atoms with E-state index in [-0.39, 0.29) is 17.9 Å². The Morgan fingerprint density at radius 1 is 1.62 bits per heavy atom. The van der Waals surface area contributed by atoms with Crippen LogP contribution in [0.25, 0.3) is 0 Å². The molecular weight excluding hydrogens is 212 g/mol. The summed E-state index contributed by atoms with van der Waals surface area (Å²) in [4.78, 5) is 14.3. The maximum absolute atomic E-state index is 10.7. The molecule has 1 aromatic rings. The molecule has 7 heteroatoms. The summed E-state index contributed by atoms with van der Waals surface area (Å²) in [6, 6.07) is 3.43. The fourth-order valence-electron chi connectivity index (χ4n) is 1.10. The predicted molar refractivity (Wildman–Crippen MR) is 49.9 cm³/mol. The zero-order valence-electron chi connectivity index (χ0n) is 8.38. The molecule has 0 saturated heterocycles. The Hall–Kier alpha value is -2.38. The number of aliphatic hydroxyl groups is 1. The molecule has 1 atom stereocenters. The van der Waals surface area contributed by atoms with Crippen LogP contribution in [0.4, 0.5) is 0 Å². The molecule has 82 valence electrons. The number of hydrogen-bond donors (Lipinski definition) is 2. The number of rotatable bonds is 3. The standard InChI is InChI=1S/C9H8N4O3/c1-9(16,8(14)15)4-13-5-12-6(2-10)7(13)3-11/h5,16H,4H2,1H3,(H,14,15). The summed E-state index contributed by atoms with van der Waals surface area (Å²) in [5.41, 5.74) is -2.17. The molecule has 16 heavy (non-hydrogen) atoms. The zero-order chi connectivity index (χ0) is 12.3. The maximum atomic E-state index is 10.7. The molecule has 0 fully saturated rings. The third kappa shape index (κ3) is 2.00. The van der Waals surface area contributed by atoms with Crippen LogP contribution in [0.15, 0.2) is 6.33 Å². The molecule has 0 amide bonds. The summed E-state index contributed by atoms with van der Waals surface area (Å²) in [5, 5.41) is 35.6. The van der Waals surface area contributed by atoms with Gasteiger partial charge in [0.25, 0.3) is 0 Å². The van der Waals surface area contributed by atoms with E-state index in [1.807, 2.05) is 0 Å². The van der Waals surface area contributed by atoms with E-state index in [4.69, 9.17) is 15.6 Å². The minimum absolute atomic E-state index is 0.0657. The van der Waals surface area contributed by atoms with Gasteiger partial charge in [0.05, 0.1) is 12.9 Å². The molecule has 2 N–H and O–H groups in total. The van der Waals surface area contributed by atoms with Crippen LogP contribution in [-0.2, 0) is 11.3 Å². The first kappa shape index (κ1) is 11.7. The van der Waals surface area contributed by atoms with Crippen molar-refractivity contribution in [2.75, 3.05) is 0 Å². The number of carbonyl (C=O) groups is 1. The smallest absolute Gasteiger partial charge is 0.337 e. The third-order valence-electron chi connectivity index (χ3n) is 1.99. The summed E-state index contributed by atoms with van der Waals surface area (Å²) in [5.74, 6) is -1.41. The highest BCUT2D eigenvalue weighted by Crippen LogP contribution is 2.12. The fraction of sp³-hybridized carbons (Fsp3) is 0.333. The monoisotopic (exact) mass is 220 g/mol. The Morgan fingerprint density at radius 3 is 2.69 bits per heavy atom. The second kappa shape index (κ2) is 4.01. The zero-order valence-corrected chi connectivity index (χ0v) is 8.38. The number of nitrogens with zero attached hydrogens (tertiary/aromatic N) is 4. The molecular formula is C9H8N4O3. The Labute approximate surface area is 90.8 Å². The first-order chi connectivity index (χ1) is 7.42. The van der Waals surface area contributed by atoms with Gasteiger partial charge in [0.2, 0.25) is 0 Å². The van der Waals surface area contributed by atoms with Crippen LogP contribution < -0.4 is 0 Å². The molecule has 7 nitrogen and oxygen atoms in total. The molecule has 0 spiro atoms. The van der Waals surface area contributed by atoms with Crippen LogP contribution in [0.1, 0.15) is 18.3 Å². The highest BCUT2D eigenvalue weighted by Gasteiger charge is 2.31. The maximum Gasteiger partial charge on any atom is 0.337 e. The average molecular weight is 220 g/mol. The first-order valence-corrected chi connectivity index (χ1v) is 4.23. The van der Waals surface area contributed by atoms with Crippen molar-refractivity contribution in [3.63, 3.8) is 0 Å². The van der Waals surface area contributed by atoms with Crippen molar-refractivity contribution in [3.05, 3.63) is 17.7 Å². The van der Waals surface area contributed by atoms with E-state index in [1.165, 1.54) is 0 Å². The molecule has 0 saturated carbocycles. The molecule has 0 aliphatic heterocycles. The van der Waals surface area contributed by atoms with Crippen LogP contribution in [-0.4, -0.2) is 31.3 Å². The summed E-state index contributed by atoms with van der Waals surface area (Å²) in [7, 11) is 0. The van der Waals surface area contributed by atoms with E-state index in [0.717, 1.165) is 17.8 Å². The number of nitriles is 2. The summed E-state index contributed by atoms with van der Waals surface area (Å²) < 4.78 is 1.13. The lowest BCUT2D eigenvalue weighted by molar-refractivity contribution is -0.157. The third-order valence-corrected chi connectivity index (χ3v) is 1.99. The molecule has 0 radical (unpaired) electrons. The molecule has 1 unspecified atom stereocenters. The number of aromatic nitrogens is 2. The lowest BCUT2D eigenvalue weighted by Gasteiger charge is -2.18. The topological polar surface area (TPSA) is 123 Å². The van der Waals surface area contributed by atoms with Gasteiger partial charge >= 0.3 is 5.97 Å². The van der Waals surface area contributed by atoms with Gasteiger partial charge in [-0.25, -0.2) is 9.78 Å². The number of aliphatic carboxylic acids is 1. The highest BCUT2D eigenvalue weighted by molar-refractivity contribution is 5.76. The van der Waals surface area contributed by atoms with Gasteiger partial charge in [-0.1, -0.05) is 0 Å². The van der Waals surface area contributed by atoms with Crippen molar-refractivity contribution < 1.29 is 15.0 Å². The SMILES string of the molecule is CC(O)(Cn1cnc(C#N)c1C#N)C(=O)O. The van der Waals surface area contributed by atoms with Crippen LogP contribution in [0.2, 0.25) is 0 Å². The lowest BCUT2D eigenvalue weighted by Crippen LogP contribution is -2.39. The van der Waals surface area contributed by atoms with Crippen LogP contribution >= 0.6 is 0 Å². The minimum Gasteiger partial charge on any atom is -0.479 e. The van der Waals surface area contributed by atoms with Gasteiger partial charge in [0.1, 0.15) is 12.1 Å². The van der Waals surface area contributed by atoms with Crippen LogP contribution in [0, 0.1) is 22.7 Å². The highest BCUT2D eigenvalue weighted by atomic mass is 16.4. The van der Waals surface area contributed by atoms with Crippen molar-refractivity contribution in [1.29, 1.82) is 10.5 Å². The Kier molecular flexibility index (Phi) is 2.93. The van der Waals surface area contributed by atoms with E-state index < -0.39 is 11.6 Å². The predicted octanol–water partition coefficient (Wildman–Crippen LogP) is -0.538. The number of hydrogen-bond acceptors (Lipinski definition) is 5. The molecule has 1 rings (SSSR count). The van der Waals surface area contributed by atoms with Gasteiger partial charge in [-0.05, 0) is 6.92 Å². The van der Waals surface area contributed by atoms with E-state index in [2.05, 4.69) is 4.98 Å². The molecule has 1 heterocycles. The van der Waals surface area contributed by atoms with Crippen molar-refractivity contribution in [1.82, 2.24) is 9.55 Å². The Morgan fingerprint density at radius 2 is 2.25 bits per heavy atom. The van der Waals surface area contributed by atoms with E-state index >= 15 is 0 Å². The first-order valence-electron chi connectivity index (χ1n) is 4.23. The van der Waals surface area contributed by atoms with Crippen LogP contribution in [0.3, 0.4) is 0 Å². The van der Waals surface area contributed by atoms with Gasteiger partial charge < -0.3 is 14.8 Å². The lowest BCUT2D eigenvalue weighted by atomic mass is 10.1. The largest absolute Gasteiger partial charge is 0.479 e. The molecule has 0 aliphatic rings. The normalized spacial score (nSPS) is 13.5. The Balaban J connectivity index is 3.10. The van der Waals surface area contributed by atoms with Gasteiger partial charge in [0.15, 0.2) is 17.0 Å². The van der Waals surface area contributed by atoms with Crippen molar-refractivity contribution in [2.24, 2.45) is 0 Å². The van der Waals surface area contributed by atoms with E-state index in [9.17, 15) is 9.90 Å². The number of imidazole rings is 1. The summed E-state index contributed by atoms with van der Waals surface area (Å²) in [6.45, 7) is 0.752. The summed E-state index contributed by atoms with van der Waals surface area (Å²) >= 11 is 0. The van der Waals surface area contributed by atoms with Gasteiger partial charge in [-0.15, -0.1) is 0 Å². The van der Waals surface area contributed by atoms with E-state index in [0.29, 0.717) is 0 Å². The second-order valence-corrected chi connectivity index (χ2v) is 3.37. The second-order valence-electron chi connectivity index (χ2n) is 3.37.